The van der Waals surface area contributed by atoms with Gasteiger partial charge in [0.1, 0.15) is 5.76 Å². The minimum atomic E-state index is -0.609. The highest BCUT2D eigenvalue weighted by Gasteiger charge is 2.17. The van der Waals surface area contributed by atoms with Crippen molar-refractivity contribution in [1.29, 1.82) is 0 Å². The summed E-state index contributed by atoms with van der Waals surface area (Å²) in [6.45, 7) is 9.93. The summed E-state index contributed by atoms with van der Waals surface area (Å²) in [5.41, 5.74) is 1.31. The third-order valence-electron chi connectivity index (χ3n) is 3.18. The average Bonchev–Trinajstić information content (AvgIpc) is 2.77. The summed E-state index contributed by atoms with van der Waals surface area (Å²) in [4.78, 5) is 2.31. The second-order valence-electron chi connectivity index (χ2n) is 6.15. The molecule has 1 N–H and O–H groups in total. The van der Waals surface area contributed by atoms with Gasteiger partial charge >= 0.3 is 0 Å². The van der Waals surface area contributed by atoms with E-state index >= 15 is 0 Å². The maximum absolute atomic E-state index is 11.3. The predicted molar refractivity (Wildman–Crippen MR) is 78.5 cm³/mol. The van der Waals surface area contributed by atoms with E-state index in [0.29, 0.717) is 0 Å². The molecule has 0 amide bonds. The summed E-state index contributed by atoms with van der Waals surface area (Å²) in [5, 5.41) is 3.45. The van der Waals surface area contributed by atoms with Gasteiger partial charge in [-0.25, -0.2) is 0 Å². The van der Waals surface area contributed by atoms with Crippen LogP contribution in [-0.2, 0) is 23.9 Å². The lowest BCUT2D eigenvalue weighted by atomic mass is 10.1. The standard InChI is InChI=1S/C14H24N2O2S/c1-14(2,3)15-9-12-8-13(18-11-12)10-16-4-6-19(17)7-5-16/h8,11,15H,4-7,9-10H2,1-3H3. The molecule has 0 bridgehead atoms. The lowest BCUT2D eigenvalue weighted by molar-refractivity contribution is 0.265. The monoisotopic (exact) mass is 284 g/mol. The Balaban J connectivity index is 1.82. The van der Waals surface area contributed by atoms with Crippen molar-refractivity contribution >= 4 is 10.8 Å². The number of hydrogen-bond acceptors (Lipinski definition) is 4. The molecular weight excluding hydrogens is 260 g/mol. The fraction of sp³-hybridized carbons (Fsp3) is 0.714. The lowest BCUT2D eigenvalue weighted by Gasteiger charge is -2.24. The molecule has 4 nitrogen and oxygen atoms in total. The molecule has 1 aromatic rings. The van der Waals surface area contributed by atoms with Crippen LogP contribution in [0.2, 0.25) is 0 Å². The summed E-state index contributed by atoms with van der Waals surface area (Å²) >= 11 is 0. The van der Waals surface area contributed by atoms with Crippen molar-refractivity contribution in [3.63, 3.8) is 0 Å². The third kappa shape index (κ3) is 5.09. The van der Waals surface area contributed by atoms with Gasteiger partial charge in [-0.2, -0.15) is 0 Å². The maximum Gasteiger partial charge on any atom is 0.118 e. The summed E-state index contributed by atoms with van der Waals surface area (Å²) in [5.74, 6) is 2.58. The van der Waals surface area contributed by atoms with Crippen molar-refractivity contribution in [1.82, 2.24) is 10.2 Å². The van der Waals surface area contributed by atoms with Crippen molar-refractivity contribution in [2.45, 2.75) is 39.4 Å². The first-order valence-electron chi connectivity index (χ1n) is 6.81. The summed E-state index contributed by atoms with van der Waals surface area (Å²) < 4.78 is 16.9. The number of nitrogens with one attached hydrogen (secondary N) is 1. The molecule has 1 aliphatic heterocycles. The molecule has 1 aliphatic rings. The quantitative estimate of drug-likeness (QED) is 0.914. The van der Waals surface area contributed by atoms with Crippen LogP contribution in [0.15, 0.2) is 16.7 Å². The molecule has 1 fully saturated rings. The smallest absolute Gasteiger partial charge is 0.118 e. The zero-order valence-electron chi connectivity index (χ0n) is 12.1. The molecule has 0 spiro atoms. The third-order valence-corrected chi connectivity index (χ3v) is 4.46. The van der Waals surface area contributed by atoms with Crippen LogP contribution in [0.25, 0.3) is 0 Å². The van der Waals surface area contributed by atoms with Crippen LogP contribution in [-0.4, -0.2) is 39.2 Å². The van der Waals surface area contributed by atoms with E-state index < -0.39 is 10.8 Å². The van der Waals surface area contributed by atoms with Crippen molar-refractivity contribution in [3.8, 4) is 0 Å². The van der Waals surface area contributed by atoms with E-state index in [1.54, 1.807) is 0 Å². The average molecular weight is 284 g/mol. The molecule has 1 aromatic heterocycles. The van der Waals surface area contributed by atoms with Gasteiger partial charge in [0.25, 0.3) is 0 Å². The topological polar surface area (TPSA) is 45.5 Å². The highest BCUT2D eigenvalue weighted by Crippen LogP contribution is 2.13. The van der Waals surface area contributed by atoms with E-state index in [0.717, 1.165) is 43.4 Å². The van der Waals surface area contributed by atoms with Gasteiger partial charge in [0.05, 0.1) is 12.8 Å². The second-order valence-corrected chi connectivity index (χ2v) is 7.85. The van der Waals surface area contributed by atoms with E-state index in [-0.39, 0.29) is 5.54 Å². The number of hydrogen-bond donors (Lipinski definition) is 1. The van der Waals surface area contributed by atoms with E-state index in [2.05, 4.69) is 37.1 Å². The first kappa shape index (κ1) is 14.8. The Morgan fingerprint density at radius 3 is 2.68 bits per heavy atom. The summed E-state index contributed by atoms with van der Waals surface area (Å²) in [6, 6.07) is 2.12. The summed E-state index contributed by atoms with van der Waals surface area (Å²) in [6.07, 6.45) is 1.83. The normalized spacial score (nSPS) is 18.9. The molecule has 0 aliphatic carbocycles. The van der Waals surface area contributed by atoms with Gasteiger partial charge in [0.15, 0.2) is 0 Å². The minimum absolute atomic E-state index is 0.119. The van der Waals surface area contributed by atoms with Crippen LogP contribution >= 0.6 is 0 Å². The Morgan fingerprint density at radius 2 is 2.05 bits per heavy atom. The fourth-order valence-corrected chi connectivity index (χ4v) is 3.15. The Kier molecular flexibility index (Phi) is 4.81. The van der Waals surface area contributed by atoms with Crippen LogP contribution < -0.4 is 5.32 Å². The van der Waals surface area contributed by atoms with Crippen LogP contribution in [0.3, 0.4) is 0 Å². The molecule has 0 radical (unpaired) electrons. The fourth-order valence-electron chi connectivity index (χ4n) is 2.02. The molecule has 0 aromatic carbocycles. The van der Waals surface area contributed by atoms with Gasteiger partial charge in [-0.1, -0.05) is 0 Å². The molecule has 0 saturated carbocycles. The summed E-state index contributed by atoms with van der Waals surface area (Å²) in [7, 11) is -0.609. The highest BCUT2D eigenvalue weighted by atomic mass is 32.2. The Morgan fingerprint density at radius 1 is 1.37 bits per heavy atom. The highest BCUT2D eigenvalue weighted by molar-refractivity contribution is 7.85. The van der Waals surface area contributed by atoms with Gasteiger partial charge in [0.2, 0.25) is 0 Å². The molecule has 2 heterocycles. The molecular formula is C14H24N2O2S. The molecule has 0 unspecified atom stereocenters. The number of nitrogens with zero attached hydrogens (tertiary/aromatic N) is 1. The van der Waals surface area contributed by atoms with Crippen LogP contribution in [0.1, 0.15) is 32.1 Å². The Labute approximate surface area is 118 Å². The second kappa shape index (κ2) is 6.20. The van der Waals surface area contributed by atoms with Gasteiger partial charge in [-0.3, -0.25) is 9.11 Å². The van der Waals surface area contributed by atoms with E-state index in [1.165, 1.54) is 5.56 Å². The predicted octanol–water partition coefficient (Wildman–Crippen LogP) is 1.73. The molecule has 0 atom stereocenters. The largest absolute Gasteiger partial charge is 0.468 e. The first-order valence-corrected chi connectivity index (χ1v) is 8.30. The van der Waals surface area contributed by atoms with Crippen molar-refractivity contribution in [3.05, 3.63) is 23.7 Å². The first-order chi connectivity index (χ1) is 8.92. The molecule has 1 saturated heterocycles. The Hall–Kier alpha value is -0.650. The SMILES string of the molecule is CC(C)(C)NCc1coc(CN2CCS(=O)CC2)c1. The lowest BCUT2D eigenvalue weighted by Crippen LogP contribution is -2.37. The molecule has 5 heteroatoms. The zero-order chi connectivity index (χ0) is 13.9. The van der Waals surface area contributed by atoms with Crippen molar-refractivity contribution in [2.24, 2.45) is 0 Å². The van der Waals surface area contributed by atoms with E-state index in [4.69, 9.17) is 4.42 Å². The number of furan rings is 1. The van der Waals surface area contributed by atoms with Crippen LogP contribution in [0, 0.1) is 0 Å². The van der Waals surface area contributed by atoms with Crippen molar-refractivity contribution < 1.29 is 8.63 Å². The molecule has 19 heavy (non-hydrogen) atoms. The minimum Gasteiger partial charge on any atom is -0.468 e. The van der Waals surface area contributed by atoms with Gasteiger partial charge < -0.3 is 9.73 Å². The van der Waals surface area contributed by atoms with Gasteiger partial charge in [-0.05, 0) is 26.8 Å². The molecule has 2 rings (SSSR count). The zero-order valence-corrected chi connectivity index (χ0v) is 12.9. The number of rotatable bonds is 4. The van der Waals surface area contributed by atoms with Crippen LogP contribution in [0.5, 0.6) is 0 Å². The Bertz CT molecular complexity index is 427. The van der Waals surface area contributed by atoms with Crippen molar-refractivity contribution in [2.75, 3.05) is 24.6 Å². The van der Waals surface area contributed by atoms with E-state index in [9.17, 15) is 4.21 Å². The maximum atomic E-state index is 11.3. The van der Waals surface area contributed by atoms with Gasteiger partial charge in [-0.15, -0.1) is 0 Å². The van der Waals surface area contributed by atoms with Gasteiger partial charge in [0, 0.05) is 53.0 Å². The van der Waals surface area contributed by atoms with E-state index in [1.807, 2.05) is 6.26 Å². The molecule has 108 valence electrons. The van der Waals surface area contributed by atoms with Crippen LogP contribution in [0.4, 0.5) is 0 Å².